The molecule has 0 aliphatic rings. The molecule has 0 nitrogen and oxygen atoms in total. The van der Waals surface area contributed by atoms with Gasteiger partial charge < -0.3 is 0 Å². The Bertz CT molecular complexity index is 462. The summed E-state index contributed by atoms with van der Waals surface area (Å²) >= 11 is 0. The number of benzene rings is 2. The molecule has 0 aliphatic carbocycles. The molecule has 0 spiro atoms. The Morgan fingerprint density at radius 2 is 1.63 bits per heavy atom. The number of hydrogen-bond acceptors (Lipinski definition) is 0. The third-order valence-corrected chi connectivity index (χ3v) is 3.24. The summed E-state index contributed by atoms with van der Waals surface area (Å²) in [6, 6.07) is 20.5. The van der Waals surface area contributed by atoms with Gasteiger partial charge in [0.25, 0.3) is 0 Å². The van der Waals surface area contributed by atoms with Crippen LogP contribution < -0.4 is 18.9 Å². The van der Waals surface area contributed by atoms with Crippen LogP contribution in [-0.4, -0.2) is 0 Å². The van der Waals surface area contributed by atoms with Crippen LogP contribution in [0.4, 0.5) is 0 Å². The second-order valence-electron chi connectivity index (χ2n) is 4.77. The van der Waals surface area contributed by atoms with Crippen molar-refractivity contribution in [3.05, 3.63) is 60.2 Å². The minimum absolute atomic E-state index is 0. The van der Waals surface area contributed by atoms with Crippen molar-refractivity contribution >= 4 is 0 Å². The fourth-order valence-electron chi connectivity index (χ4n) is 2.19. The van der Waals surface area contributed by atoms with E-state index in [0.717, 1.165) is 6.42 Å². The Kier molecular flexibility index (Phi) is 7.64. The first-order chi connectivity index (χ1) is 8.90. The van der Waals surface area contributed by atoms with Crippen LogP contribution in [0.3, 0.4) is 0 Å². The quantitative estimate of drug-likeness (QED) is 0.415. The van der Waals surface area contributed by atoms with E-state index in [9.17, 15) is 0 Å². The van der Waals surface area contributed by atoms with Crippen molar-refractivity contribution in [3.63, 3.8) is 0 Å². The molecular formula is C18H21Li. The van der Waals surface area contributed by atoms with Crippen molar-refractivity contribution in [2.75, 3.05) is 0 Å². The SMILES string of the molecule is CCCCCCc1[c-]c(-c2ccccc2)ccc1.[Li+]. The van der Waals surface area contributed by atoms with Gasteiger partial charge in [0.2, 0.25) is 0 Å². The van der Waals surface area contributed by atoms with E-state index in [2.05, 4.69) is 61.5 Å². The molecule has 94 valence electrons. The molecule has 0 N–H and O–H groups in total. The van der Waals surface area contributed by atoms with E-state index in [4.69, 9.17) is 0 Å². The Labute approximate surface area is 129 Å². The van der Waals surface area contributed by atoms with Crippen molar-refractivity contribution in [1.82, 2.24) is 0 Å². The van der Waals surface area contributed by atoms with E-state index < -0.39 is 0 Å². The first kappa shape index (κ1) is 16.1. The van der Waals surface area contributed by atoms with E-state index in [-0.39, 0.29) is 18.9 Å². The zero-order valence-corrected chi connectivity index (χ0v) is 12.2. The van der Waals surface area contributed by atoms with Gasteiger partial charge in [0.05, 0.1) is 0 Å². The van der Waals surface area contributed by atoms with Gasteiger partial charge in [-0.05, 0) is 6.42 Å². The largest absolute Gasteiger partial charge is 1.00 e. The summed E-state index contributed by atoms with van der Waals surface area (Å²) in [6.07, 6.45) is 6.41. The maximum Gasteiger partial charge on any atom is 1.00 e. The van der Waals surface area contributed by atoms with Gasteiger partial charge in [-0.25, -0.2) is 0 Å². The van der Waals surface area contributed by atoms with E-state index in [0.29, 0.717) is 0 Å². The van der Waals surface area contributed by atoms with Gasteiger partial charge in [-0.1, -0.05) is 68.5 Å². The molecule has 0 heterocycles. The van der Waals surface area contributed by atoms with Crippen LogP contribution in [0.1, 0.15) is 38.2 Å². The van der Waals surface area contributed by atoms with Crippen LogP contribution in [-0.2, 0) is 6.42 Å². The third-order valence-electron chi connectivity index (χ3n) is 3.24. The minimum atomic E-state index is 0. The fraction of sp³-hybridized carbons (Fsp3) is 0.333. The predicted molar refractivity (Wildman–Crippen MR) is 78.6 cm³/mol. The summed E-state index contributed by atoms with van der Waals surface area (Å²) < 4.78 is 0. The predicted octanol–water partition coefficient (Wildman–Crippen LogP) is 2.28. The van der Waals surface area contributed by atoms with Gasteiger partial charge in [0.1, 0.15) is 0 Å². The number of rotatable bonds is 6. The first-order valence-electron chi connectivity index (χ1n) is 6.97. The van der Waals surface area contributed by atoms with Crippen molar-refractivity contribution in [1.29, 1.82) is 0 Å². The zero-order valence-electron chi connectivity index (χ0n) is 12.2. The first-order valence-corrected chi connectivity index (χ1v) is 6.97. The zero-order chi connectivity index (χ0) is 12.6. The van der Waals surface area contributed by atoms with Crippen molar-refractivity contribution in [3.8, 4) is 11.1 Å². The maximum atomic E-state index is 3.54. The topological polar surface area (TPSA) is 0 Å². The molecule has 0 unspecified atom stereocenters. The summed E-state index contributed by atoms with van der Waals surface area (Å²) in [7, 11) is 0. The summed E-state index contributed by atoms with van der Waals surface area (Å²) in [4.78, 5) is 0. The molecule has 1 heteroatoms. The number of unbranched alkanes of at least 4 members (excludes halogenated alkanes) is 3. The van der Waals surface area contributed by atoms with Gasteiger partial charge >= 0.3 is 18.9 Å². The van der Waals surface area contributed by atoms with E-state index in [1.54, 1.807) is 0 Å². The molecule has 0 aliphatic heterocycles. The fourth-order valence-corrected chi connectivity index (χ4v) is 2.19. The molecule has 19 heavy (non-hydrogen) atoms. The smallest absolute Gasteiger partial charge is 0.145 e. The molecule has 0 bridgehead atoms. The summed E-state index contributed by atoms with van der Waals surface area (Å²) in [5, 5.41) is 0. The van der Waals surface area contributed by atoms with Crippen LogP contribution in [0.15, 0.2) is 48.5 Å². The van der Waals surface area contributed by atoms with Crippen LogP contribution in [0, 0.1) is 6.07 Å². The van der Waals surface area contributed by atoms with Crippen LogP contribution >= 0.6 is 0 Å². The molecule has 0 atom stereocenters. The molecule has 0 saturated heterocycles. The number of hydrogen-bond donors (Lipinski definition) is 0. The third kappa shape index (κ3) is 5.27. The molecule has 2 aromatic carbocycles. The van der Waals surface area contributed by atoms with Crippen molar-refractivity contribution < 1.29 is 18.9 Å². The maximum absolute atomic E-state index is 3.54. The second kappa shape index (κ2) is 9.02. The summed E-state index contributed by atoms with van der Waals surface area (Å²) in [5.41, 5.74) is 3.81. The van der Waals surface area contributed by atoms with Gasteiger partial charge in [0, 0.05) is 0 Å². The molecular weight excluding hydrogens is 223 g/mol. The molecule has 0 radical (unpaired) electrons. The van der Waals surface area contributed by atoms with Crippen LogP contribution in [0.2, 0.25) is 0 Å². The van der Waals surface area contributed by atoms with E-state index >= 15 is 0 Å². The van der Waals surface area contributed by atoms with Gasteiger partial charge in [0.15, 0.2) is 0 Å². The normalized spacial score (nSPS) is 9.95. The molecule has 2 aromatic rings. The Hall–Kier alpha value is -0.963. The molecule has 0 fully saturated rings. The van der Waals surface area contributed by atoms with E-state index in [1.165, 1.54) is 42.4 Å². The van der Waals surface area contributed by atoms with Crippen molar-refractivity contribution in [2.24, 2.45) is 0 Å². The van der Waals surface area contributed by atoms with Gasteiger partial charge in [-0.15, -0.1) is 35.4 Å². The molecule has 0 aromatic heterocycles. The molecule has 0 saturated carbocycles. The summed E-state index contributed by atoms with van der Waals surface area (Å²) in [6.45, 7) is 2.25. The molecule has 2 rings (SSSR count). The Balaban J connectivity index is 0.00000180. The van der Waals surface area contributed by atoms with Crippen LogP contribution in [0.25, 0.3) is 11.1 Å². The number of aryl methyl sites for hydroxylation is 1. The van der Waals surface area contributed by atoms with E-state index in [1.807, 2.05) is 0 Å². The Morgan fingerprint density at radius 1 is 0.842 bits per heavy atom. The van der Waals surface area contributed by atoms with Crippen LogP contribution in [0.5, 0.6) is 0 Å². The summed E-state index contributed by atoms with van der Waals surface area (Å²) in [5.74, 6) is 0. The van der Waals surface area contributed by atoms with Gasteiger partial charge in [-0.2, -0.15) is 0 Å². The van der Waals surface area contributed by atoms with Gasteiger partial charge in [-0.3, -0.25) is 0 Å². The second-order valence-corrected chi connectivity index (χ2v) is 4.77. The van der Waals surface area contributed by atoms with Crippen molar-refractivity contribution in [2.45, 2.75) is 39.0 Å². The molecule has 0 amide bonds. The monoisotopic (exact) mass is 244 g/mol. The Morgan fingerprint density at radius 3 is 2.37 bits per heavy atom. The average molecular weight is 244 g/mol. The average Bonchev–Trinajstić information content (AvgIpc) is 2.45. The minimum Gasteiger partial charge on any atom is -0.145 e. The standard InChI is InChI=1S/C18H21.Li/c1-2-3-4-6-10-16-11-9-14-18(15-16)17-12-7-5-8-13-17;/h5,7-9,11-14H,2-4,6,10H2,1H3;/q-1;+1.